The zero-order chi connectivity index (χ0) is 20.7. The lowest BCUT2D eigenvalue weighted by molar-refractivity contribution is -0.150. The number of carbonyl (C=O) groups is 3. The van der Waals surface area contributed by atoms with E-state index < -0.39 is 23.3 Å². The van der Waals surface area contributed by atoms with Crippen LogP contribution in [0.2, 0.25) is 0 Å². The third-order valence-electron chi connectivity index (χ3n) is 4.71. The Morgan fingerprint density at radius 1 is 1.34 bits per heavy atom. The van der Waals surface area contributed by atoms with E-state index in [9.17, 15) is 24.6 Å². The number of carbonyl (C=O) groups excluding carboxylic acids is 2. The van der Waals surface area contributed by atoms with Crippen LogP contribution < -0.4 is 5.32 Å². The van der Waals surface area contributed by atoms with Gasteiger partial charge in [0, 0.05) is 11.1 Å². The van der Waals surface area contributed by atoms with Crippen LogP contribution in [0.1, 0.15) is 12.6 Å². The summed E-state index contributed by atoms with van der Waals surface area (Å²) in [4.78, 5) is 41.9. The first-order valence-corrected chi connectivity index (χ1v) is 10.7. The number of nitrogens with one attached hydrogen (secondary N) is 1. The summed E-state index contributed by atoms with van der Waals surface area (Å²) in [6.45, 7) is 1.69. The molecular formula is C19H17N3O5S2. The van der Waals surface area contributed by atoms with E-state index in [0.29, 0.717) is 27.6 Å². The van der Waals surface area contributed by atoms with Crippen LogP contribution >= 0.6 is 23.1 Å². The second-order valence-corrected chi connectivity index (χ2v) is 8.69. The molecule has 1 saturated heterocycles. The summed E-state index contributed by atoms with van der Waals surface area (Å²) in [6, 6.07) is 6.08. The molecule has 0 spiro atoms. The molecule has 1 aromatic carbocycles. The summed E-state index contributed by atoms with van der Waals surface area (Å²) < 4.78 is 0. The van der Waals surface area contributed by atoms with Crippen molar-refractivity contribution in [3.05, 3.63) is 46.6 Å². The molecule has 8 nitrogen and oxygen atoms in total. The fourth-order valence-electron chi connectivity index (χ4n) is 3.33. The lowest BCUT2D eigenvalue weighted by atomic mass is 10.0. The van der Waals surface area contributed by atoms with Crippen molar-refractivity contribution in [3.8, 4) is 16.3 Å². The normalized spacial score (nSPS) is 20.9. The quantitative estimate of drug-likeness (QED) is 0.618. The number of benzene rings is 1. The van der Waals surface area contributed by atoms with Gasteiger partial charge in [0.2, 0.25) is 5.91 Å². The molecule has 29 heavy (non-hydrogen) atoms. The Labute approximate surface area is 174 Å². The lowest BCUT2D eigenvalue weighted by Crippen LogP contribution is -2.70. The van der Waals surface area contributed by atoms with Gasteiger partial charge in [0.25, 0.3) is 5.91 Å². The van der Waals surface area contributed by atoms with Crippen molar-refractivity contribution >= 4 is 40.9 Å². The van der Waals surface area contributed by atoms with Crippen LogP contribution in [-0.2, 0) is 20.8 Å². The van der Waals surface area contributed by atoms with Gasteiger partial charge in [-0.1, -0.05) is 12.1 Å². The highest BCUT2D eigenvalue weighted by atomic mass is 32.2. The Hall–Kier alpha value is -2.85. The van der Waals surface area contributed by atoms with Crippen molar-refractivity contribution in [1.82, 2.24) is 15.2 Å². The summed E-state index contributed by atoms with van der Waals surface area (Å²) in [5, 5.41) is 23.9. The van der Waals surface area contributed by atoms with Gasteiger partial charge in [-0.3, -0.25) is 14.5 Å². The van der Waals surface area contributed by atoms with E-state index in [0.717, 1.165) is 0 Å². The molecule has 1 aromatic heterocycles. The summed E-state index contributed by atoms with van der Waals surface area (Å²) in [6.07, 6.45) is -0.00802. The summed E-state index contributed by atoms with van der Waals surface area (Å²) in [5.74, 6) is -1.30. The number of thiazole rings is 1. The van der Waals surface area contributed by atoms with Crippen molar-refractivity contribution in [3.63, 3.8) is 0 Å². The molecule has 1 fully saturated rings. The van der Waals surface area contributed by atoms with Crippen LogP contribution in [0.15, 0.2) is 40.9 Å². The molecule has 0 unspecified atom stereocenters. The number of fused-ring (bicyclic) bond motifs is 1. The lowest BCUT2D eigenvalue weighted by Gasteiger charge is -2.49. The molecule has 3 N–H and O–H groups in total. The Bertz CT molecular complexity index is 1050. The highest BCUT2D eigenvalue weighted by molar-refractivity contribution is 8.00. The van der Waals surface area contributed by atoms with Crippen LogP contribution in [-0.4, -0.2) is 55.0 Å². The highest BCUT2D eigenvalue weighted by Crippen LogP contribution is 2.40. The number of carboxylic acids is 1. The summed E-state index contributed by atoms with van der Waals surface area (Å²) >= 11 is 2.75. The van der Waals surface area contributed by atoms with Crippen molar-refractivity contribution in [2.45, 2.75) is 24.8 Å². The van der Waals surface area contributed by atoms with Gasteiger partial charge < -0.3 is 15.5 Å². The Kier molecular flexibility index (Phi) is 5.05. The first-order chi connectivity index (χ1) is 13.9. The Morgan fingerprint density at radius 3 is 2.83 bits per heavy atom. The molecule has 3 heterocycles. The molecule has 10 heteroatoms. The molecule has 0 aliphatic carbocycles. The molecule has 2 aliphatic heterocycles. The topological polar surface area (TPSA) is 120 Å². The van der Waals surface area contributed by atoms with E-state index in [1.54, 1.807) is 36.6 Å². The van der Waals surface area contributed by atoms with Gasteiger partial charge in [-0.05, 0) is 24.6 Å². The van der Waals surface area contributed by atoms with Crippen molar-refractivity contribution in [2.24, 2.45) is 0 Å². The molecule has 0 saturated carbocycles. The fraction of sp³-hybridized carbons (Fsp3) is 0.263. The predicted molar refractivity (Wildman–Crippen MR) is 108 cm³/mol. The number of rotatable bonds is 5. The van der Waals surface area contributed by atoms with Gasteiger partial charge in [-0.2, -0.15) is 0 Å². The molecule has 2 amide bonds. The second-order valence-electron chi connectivity index (χ2n) is 6.73. The van der Waals surface area contributed by atoms with Crippen LogP contribution in [0.5, 0.6) is 5.75 Å². The fourth-order valence-corrected chi connectivity index (χ4v) is 5.48. The number of hydrogen-bond acceptors (Lipinski definition) is 7. The first kappa shape index (κ1) is 19.5. The monoisotopic (exact) mass is 431 g/mol. The average molecular weight is 431 g/mol. The summed E-state index contributed by atoms with van der Waals surface area (Å²) in [5.41, 5.74) is 1.77. The van der Waals surface area contributed by atoms with Gasteiger partial charge in [-0.15, -0.1) is 23.1 Å². The molecule has 2 aliphatic rings. The molecule has 0 bridgehead atoms. The van der Waals surface area contributed by atoms with E-state index in [-0.39, 0.29) is 23.8 Å². The SMILES string of the molecule is CC1=C(C(=O)O)N2C(=O)[C@@H](NC(=O)Cc3csc(-c4ccccc4O)n3)[C@H]2SC1. The molecule has 0 radical (unpaired) electrons. The predicted octanol–water partition coefficient (Wildman–Crippen LogP) is 1.82. The number of aliphatic carboxylic acids is 1. The maximum atomic E-state index is 12.4. The maximum absolute atomic E-state index is 12.4. The average Bonchev–Trinajstić information content (AvgIpc) is 3.14. The maximum Gasteiger partial charge on any atom is 0.352 e. The molecule has 150 valence electrons. The van der Waals surface area contributed by atoms with Gasteiger partial charge >= 0.3 is 5.97 Å². The van der Waals surface area contributed by atoms with Gasteiger partial charge in [-0.25, -0.2) is 9.78 Å². The highest BCUT2D eigenvalue weighted by Gasteiger charge is 2.53. The van der Waals surface area contributed by atoms with Crippen LogP contribution in [0.25, 0.3) is 10.6 Å². The number of aromatic nitrogens is 1. The molecule has 2 atom stereocenters. The van der Waals surface area contributed by atoms with Gasteiger partial charge in [0.05, 0.1) is 17.7 Å². The largest absolute Gasteiger partial charge is 0.507 e. The van der Waals surface area contributed by atoms with Crippen molar-refractivity contribution < 1.29 is 24.6 Å². The van der Waals surface area contributed by atoms with Crippen molar-refractivity contribution in [1.29, 1.82) is 0 Å². The third kappa shape index (κ3) is 3.49. The number of para-hydroxylation sites is 1. The minimum Gasteiger partial charge on any atom is -0.507 e. The number of phenols is 1. The van der Waals surface area contributed by atoms with Crippen LogP contribution in [0.3, 0.4) is 0 Å². The van der Waals surface area contributed by atoms with Crippen LogP contribution in [0, 0.1) is 0 Å². The van der Waals surface area contributed by atoms with E-state index in [1.807, 2.05) is 0 Å². The van der Waals surface area contributed by atoms with E-state index in [4.69, 9.17) is 0 Å². The number of aromatic hydroxyl groups is 1. The Morgan fingerprint density at radius 2 is 2.10 bits per heavy atom. The standard InChI is InChI=1S/C19H17N3O5S2/c1-9-7-29-18-14(17(25)22(18)15(9)19(26)27)21-13(24)6-10-8-28-16(20-10)11-4-2-3-5-12(11)23/h2-5,8,14,18,23H,6-7H2,1H3,(H,21,24)(H,26,27)/t14-,18-/m1/s1. The number of amides is 2. The van der Waals surface area contributed by atoms with Crippen molar-refractivity contribution in [2.75, 3.05) is 5.75 Å². The summed E-state index contributed by atoms with van der Waals surface area (Å²) in [7, 11) is 0. The minimum absolute atomic E-state index is 0.00802. The van der Waals surface area contributed by atoms with E-state index in [2.05, 4.69) is 10.3 Å². The zero-order valence-electron chi connectivity index (χ0n) is 15.3. The number of carboxylic acid groups (broad SMARTS) is 1. The third-order valence-corrected chi connectivity index (χ3v) is 7.05. The number of β-lactam (4-membered cyclic amide) rings is 1. The number of nitrogens with zero attached hydrogens (tertiary/aromatic N) is 2. The number of phenolic OH excluding ortho intramolecular Hbond substituents is 1. The zero-order valence-corrected chi connectivity index (χ0v) is 16.9. The van der Waals surface area contributed by atoms with Gasteiger partial charge in [0.1, 0.15) is 27.9 Å². The van der Waals surface area contributed by atoms with Crippen LogP contribution in [0.4, 0.5) is 0 Å². The molecular weight excluding hydrogens is 414 g/mol. The molecule has 4 rings (SSSR count). The van der Waals surface area contributed by atoms with Gasteiger partial charge in [0.15, 0.2) is 0 Å². The number of thioether (sulfide) groups is 1. The van der Waals surface area contributed by atoms with E-state index in [1.165, 1.54) is 28.0 Å². The second kappa shape index (κ2) is 7.53. The first-order valence-electron chi connectivity index (χ1n) is 8.76. The molecule has 2 aromatic rings. The number of hydrogen-bond donors (Lipinski definition) is 3. The minimum atomic E-state index is -1.13. The smallest absolute Gasteiger partial charge is 0.352 e. The Balaban J connectivity index is 1.41. The van der Waals surface area contributed by atoms with E-state index >= 15 is 0 Å².